The first-order valence-electron chi connectivity index (χ1n) is 14.5. The second-order valence-corrected chi connectivity index (χ2v) is 17.9. The van der Waals surface area contributed by atoms with Crippen molar-refractivity contribution in [2.75, 3.05) is 62.9 Å². The first-order chi connectivity index (χ1) is 20.4. The molecule has 0 bridgehead atoms. The molecule has 1 aliphatic rings. The Kier molecular flexibility index (Phi) is 8.90. The number of hydrogen-bond acceptors (Lipinski definition) is 8. The van der Waals surface area contributed by atoms with Crippen molar-refractivity contribution in [2.45, 2.75) is 38.3 Å². The third kappa shape index (κ3) is 7.08. The second-order valence-electron chi connectivity index (χ2n) is 12.3. The quantitative estimate of drug-likeness (QED) is 0.122. The number of ether oxygens (including phenoxy) is 2. The first-order valence-corrected chi connectivity index (χ1v) is 18.2. The number of methoxy groups -OCH3 is 1. The van der Waals surface area contributed by atoms with Gasteiger partial charge in [0, 0.05) is 75.4 Å². The molecule has 9 nitrogen and oxygen atoms in total. The molecule has 0 saturated carbocycles. The van der Waals surface area contributed by atoms with E-state index in [4.69, 9.17) is 15.2 Å². The lowest BCUT2D eigenvalue weighted by molar-refractivity contribution is 0.0398. The average molecular weight is 610 g/mol. The normalized spacial score (nSPS) is 14.8. The fourth-order valence-electron chi connectivity index (χ4n) is 5.04. The van der Waals surface area contributed by atoms with E-state index in [1.54, 1.807) is 30.0 Å². The average Bonchev–Trinajstić information content (AvgIpc) is 3.37. The van der Waals surface area contributed by atoms with Gasteiger partial charge in [0.25, 0.3) is 0 Å². The molecule has 5 rings (SSSR count). The zero-order valence-electron chi connectivity index (χ0n) is 25.5. The molecule has 12 heteroatoms. The molecule has 0 unspecified atom stereocenters. The largest absolute Gasteiger partial charge is 0.494 e. The molecule has 1 aliphatic heterocycles. The van der Waals surface area contributed by atoms with Crippen molar-refractivity contribution >= 4 is 42.1 Å². The second kappa shape index (κ2) is 12.5. The Morgan fingerprint density at radius 1 is 1.02 bits per heavy atom. The highest BCUT2D eigenvalue weighted by atomic mass is 28.3. The number of likely N-dealkylation sites (N-methyl/N-ethyl adjacent to an activating group) is 1. The summed E-state index contributed by atoms with van der Waals surface area (Å²) in [6, 6.07) is 14.1. The highest BCUT2D eigenvalue weighted by molar-refractivity contribution is 6.76. The summed E-state index contributed by atoms with van der Waals surface area (Å²) in [7, 11) is 2.41. The van der Waals surface area contributed by atoms with Gasteiger partial charge in [-0.25, -0.2) is 4.98 Å². The molecule has 1 saturated heterocycles. The van der Waals surface area contributed by atoms with Gasteiger partial charge in [0.1, 0.15) is 23.8 Å². The molecule has 0 amide bonds. The van der Waals surface area contributed by atoms with Gasteiger partial charge in [-0.2, -0.15) is 13.8 Å². The van der Waals surface area contributed by atoms with Gasteiger partial charge in [0.2, 0.25) is 5.95 Å². The molecule has 3 heterocycles. The molecule has 0 aliphatic carbocycles. The number of hydrogen-bond donors (Lipinski definition) is 2. The summed E-state index contributed by atoms with van der Waals surface area (Å²) >= 11 is 0. The zero-order valence-corrected chi connectivity index (χ0v) is 26.5. The fraction of sp³-hybridized carbons (Fsp3) is 0.419. The number of piperazine rings is 1. The minimum Gasteiger partial charge on any atom is -0.494 e. The molecular weight excluding hydrogens is 568 g/mol. The maximum Gasteiger partial charge on any atom is 0.315 e. The molecule has 0 radical (unpaired) electrons. The van der Waals surface area contributed by atoms with Crippen molar-refractivity contribution in [3.05, 3.63) is 66.0 Å². The van der Waals surface area contributed by atoms with E-state index in [-0.39, 0.29) is 29.3 Å². The van der Waals surface area contributed by atoms with E-state index in [2.05, 4.69) is 51.8 Å². The van der Waals surface area contributed by atoms with Crippen LogP contribution in [-0.2, 0) is 17.4 Å². The number of fused-ring (bicyclic) bond motifs is 1. The molecule has 0 atom stereocenters. The molecular formula is C31H41F2N7O2Si. The van der Waals surface area contributed by atoms with E-state index in [1.165, 1.54) is 18.2 Å². The number of rotatable bonds is 11. The van der Waals surface area contributed by atoms with E-state index in [9.17, 15) is 0 Å². The Morgan fingerprint density at radius 2 is 1.79 bits per heavy atom. The van der Waals surface area contributed by atoms with Gasteiger partial charge in [0.05, 0.1) is 12.8 Å². The molecule has 0 spiro atoms. The summed E-state index contributed by atoms with van der Waals surface area (Å²) in [5, 5.41) is 3.39. The van der Waals surface area contributed by atoms with Crippen molar-refractivity contribution < 1.29 is 18.3 Å². The van der Waals surface area contributed by atoms with Crippen LogP contribution in [0.5, 0.6) is 5.75 Å². The number of nitrogen functional groups attached to an aromatic ring is 1. The molecule has 4 aromatic rings. The summed E-state index contributed by atoms with van der Waals surface area (Å²) in [6.07, 6.45) is 1.71. The summed E-state index contributed by atoms with van der Waals surface area (Å²) in [5.41, 5.74) is 7.41. The van der Waals surface area contributed by atoms with Gasteiger partial charge < -0.3 is 34.9 Å². The molecule has 2 aromatic heterocycles. The minimum atomic E-state index is -3.44. The maximum atomic E-state index is 16.2. The lowest BCUT2D eigenvalue weighted by atomic mass is 10.0. The van der Waals surface area contributed by atoms with Gasteiger partial charge >= 0.3 is 5.92 Å². The minimum absolute atomic E-state index is 0.0266. The highest BCUT2D eigenvalue weighted by Gasteiger charge is 2.39. The lowest BCUT2D eigenvalue weighted by Crippen LogP contribution is -2.44. The number of nitrogens with zero attached hydrogens (tertiary/aromatic N) is 5. The molecule has 230 valence electrons. The Balaban J connectivity index is 1.51. The number of nitrogens with two attached hydrogens (primary N) is 1. The summed E-state index contributed by atoms with van der Waals surface area (Å²) in [5.74, 6) is -2.85. The predicted octanol–water partition coefficient (Wildman–Crippen LogP) is 5.97. The van der Waals surface area contributed by atoms with Crippen LogP contribution in [0.15, 0.2) is 54.7 Å². The third-order valence-corrected chi connectivity index (χ3v) is 9.40. The summed E-state index contributed by atoms with van der Waals surface area (Å²) in [6.45, 7) is 11.4. The lowest BCUT2D eigenvalue weighted by Gasteiger charge is -2.34. The monoisotopic (exact) mass is 609 g/mol. The Bertz CT molecular complexity index is 1570. The number of anilines is 4. The van der Waals surface area contributed by atoms with Gasteiger partial charge in [-0.15, -0.1) is 0 Å². The van der Waals surface area contributed by atoms with Crippen molar-refractivity contribution in [1.82, 2.24) is 19.4 Å². The highest BCUT2D eigenvalue weighted by Crippen LogP contribution is 2.40. The third-order valence-electron chi connectivity index (χ3n) is 7.69. The van der Waals surface area contributed by atoms with E-state index < -0.39 is 19.7 Å². The van der Waals surface area contributed by atoms with Gasteiger partial charge in [0.15, 0.2) is 0 Å². The van der Waals surface area contributed by atoms with Crippen LogP contribution in [0.25, 0.3) is 11.0 Å². The Hall–Kier alpha value is -3.74. The smallest absolute Gasteiger partial charge is 0.315 e. The number of nitrogens with one attached hydrogen (secondary N) is 1. The van der Waals surface area contributed by atoms with E-state index in [0.29, 0.717) is 23.7 Å². The number of benzene rings is 2. The van der Waals surface area contributed by atoms with Crippen LogP contribution in [0, 0.1) is 0 Å². The Labute approximate surface area is 252 Å². The fourth-order valence-corrected chi connectivity index (χ4v) is 5.80. The zero-order chi connectivity index (χ0) is 30.8. The van der Waals surface area contributed by atoms with Crippen molar-refractivity contribution in [3.8, 4) is 5.75 Å². The van der Waals surface area contributed by atoms with Crippen molar-refractivity contribution in [2.24, 2.45) is 0 Å². The van der Waals surface area contributed by atoms with Crippen LogP contribution in [0.4, 0.5) is 31.8 Å². The van der Waals surface area contributed by atoms with Crippen LogP contribution < -0.4 is 20.7 Å². The molecule has 3 N–H and O–H groups in total. The number of alkyl halides is 2. The standard InChI is InChI=1S/C31H41F2N7O2Si/c1-38-13-15-39(16-14-38)24-9-10-26(27(20-24)41-2)35-30-36-28(31(32,33)22-7-6-8-23(34)19-22)25-11-12-40(29(25)37-30)21-42-17-18-43(3,4)5/h6-12,19-20H,13-18,21,34H2,1-5H3,(H,35,36,37). The van der Waals surface area contributed by atoms with E-state index in [1.807, 2.05) is 18.2 Å². The number of aromatic nitrogens is 3. The maximum absolute atomic E-state index is 16.2. The van der Waals surface area contributed by atoms with E-state index in [0.717, 1.165) is 37.9 Å². The van der Waals surface area contributed by atoms with Gasteiger partial charge in [-0.05, 0) is 43.4 Å². The molecule has 1 fully saturated rings. The van der Waals surface area contributed by atoms with Crippen LogP contribution in [0.3, 0.4) is 0 Å². The van der Waals surface area contributed by atoms with Crippen LogP contribution in [0.1, 0.15) is 11.3 Å². The van der Waals surface area contributed by atoms with Crippen LogP contribution >= 0.6 is 0 Å². The predicted molar refractivity (Wildman–Crippen MR) is 171 cm³/mol. The summed E-state index contributed by atoms with van der Waals surface area (Å²) in [4.78, 5) is 13.7. The molecule has 43 heavy (non-hydrogen) atoms. The van der Waals surface area contributed by atoms with Gasteiger partial charge in [-0.1, -0.05) is 31.8 Å². The molecule has 2 aromatic carbocycles. The van der Waals surface area contributed by atoms with Crippen molar-refractivity contribution in [3.63, 3.8) is 0 Å². The van der Waals surface area contributed by atoms with Gasteiger partial charge in [-0.3, -0.25) is 0 Å². The number of halogens is 2. The first kappa shape index (κ1) is 30.7. The SMILES string of the molecule is COc1cc(N2CCN(C)CC2)ccc1Nc1nc(C(F)(F)c2cccc(N)c2)c2ccn(COCC[Si](C)(C)C)c2n1. The van der Waals surface area contributed by atoms with Crippen molar-refractivity contribution in [1.29, 1.82) is 0 Å². The van der Waals surface area contributed by atoms with Crippen LogP contribution in [0.2, 0.25) is 25.7 Å². The summed E-state index contributed by atoms with van der Waals surface area (Å²) < 4.78 is 45.7. The topological polar surface area (TPSA) is 93.7 Å². The van der Waals surface area contributed by atoms with E-state index >= 15 is 8.78 Å². The Morgan fingerprint density at radius 3 is 2.49 bits per heavy atom. The van der Waals surface area contributed by atoms with Crippen LogP contribution in [-0.4, -0.2) is 74.5 Å².